The van der Waals surface area contributed by atoms with Gasteiger partial charge in [-0.3, -0.25) is 19.9 Å². The Hall–Kier alpha value is -4.45. The zero-order valence-corrected chi connectivity index (χ0v) is 34.9. The molecular weight excluding hydrogens is 781 g/mol. The average Bonchev–Trinajstić information content (AvgIpc) is 3.86. The number of benzene rings is 2. The molecule has 3 saturated heterocycles. The highest BCUT2D eigenvalue weighted by Gasteiger charge is 2.67. The predicted molar refractivity (Wildman–Crippen MR) is 215 cm³/mol. The molecule has 314 valence electrons. The molecule has 11 rings (SSSR count). The lowest BCUT2D eigenvalue weighted by Crippen LogP contribution is -2.77. The quantitative estimate of drug-likeness (QED) is 0.188. The standard InChI is InChI=1S/C43H50N4O11S/c1-18-10-21-11-27-40(51)47-28-15-55-41(52)43(37-25(12-22(14-48)45-43)24-13-23(53-6)8-9-26(24)44-37)16-59-36(31(47)38(46(27)5)42(21,4)39(50)32(18)54-7)30-29(28)35-34(56-17-57-35)19(2)33(30)58-20(3)49/h8-10,13,21-22,27-28,31,36,38,40,44-45,48,50-51H,11-12,14-17H2,1-7H3/t21?,22-,27+,28?,31?,36+,38?,40-,42?,43+/m0/s1. The molecule has 1 spiro atoms. The zero-order chi connectivity index (χ0) is 41.4. The van der Waals surface area contributed by atoms with Gasteiger partial charge in [-0.2, -0.15) is 0 Å². The number of aliphatic hydroxyl groups excluding tert-OH is 3. The number of methoxy groups -OCH3 is 2. The molecule has 15 nitrogen and oxygen atoms in total. The third-order valence-corrected chi connectivity index (χ3v) is 15.8. The molecular formula is C43H50N4O11S. The number of aromatic amines is 1. The largest absolute Gasteiger partial charge is 0.508 e. The molecule has 8 aliphatic rings. The Morgan fingerprint density at radius 1 is 1.12 bits per heavy atom. The summed E-state index contributed by atoms with van der Waals surface area (Å²) in [5.74, 6) is 1.32. The third kappa shape index (κ3) is 5.13. The number of carbonyl (C=O) groups is 2. The van der Waals surface area contributed by atoms with Crippen LogP contribution in [0.2, 0.25) is 0 Å². The number of piperidine rings is 1. The number of carbonyl (C=O) groups excluding carboxylic acids is 2. The van der Waals surface area contributed by atoms with E-state index in [1.54, 1.807) is 14.2 Å². The monoisotopic (exact) mass is 830 g/mol. The molecule has 16 heteroatoms. The Balaban J connectivity index is 1.23. The van der Waals surface area contributed by atoms with Crippen molar-refractivity contribution in [2.45, 2.75) is 87.8 Å². The number of rotatable bonds is 4. The maximum atomic E-state index is 15.1. The normalized spacial score (nSPS) is 34.7. The van der Waals surface area contributed by atoms with Crippen molar-refractivity contribution in [3.8, 4) is 23.0 Å². The van der Waals surface area contributed by atoms with Crippen LogP contribution in [0.3, 0.4) is 0 Å². The van der Waals surface area contributed by atoms with Crippen molar-refractivity contribution in [3.05, 3.63) is 69.3 Å². The van der Waals surface area contributed by atoms with E-state index in [4.69, 9.17) is 28.4 Å². The van der Waals surface area contributed by atoms with Crippen molar-refractivity contribution in [1.82, 2.24) is 20.1 Å². The van der Waals surface area contributed by atoms with Gasteiger partial charge in [0.05, 0.1) is 43.2 Å². The minimum atomic E-state index is -1.47. The fourth-order valence-electron chi connectivity index (χ4n) is 11.8. The first-order chi connectivity index (χ1) is 28.3. The number of ether oxygens (including phenoxy) is 6. The lowest BCUT2D eigenvalue weighted by Gasteiger charge is -2.67. The van der Waals surface area contributed by atoms with Gasteiger partial charge in [-0.15, -0.1) is 11.8 Å². The maximum Gasteiger partial charge on any atom is 0.333 e. The SMILES string of the molecule is COC1=C(O)C2(C)C(C=C1C)C[C@@H]1[C@H](O)N3C4COC(=O)[C@]5(CS[C@H](c6c(OC(C)=O)c(C)c7c(c64)OCO7)C3C2N1C)N[C@H](CO)Cc1c5[nH]c2ccc(OC)cc12. The summed E-state index contributed by atoms with van der Waals surface area (Å²) in [4.78, 5) is 36.0. The fraction of sp³-hybridized carbons (Fsp3) is 0.535. The molecule has 5 unspecified atom stereocenters. The van der Waals surface area contributed by atoms with Crippen molar-refractivity contribution in [1.29, 1.82) is 0 Å². The first-order valence-corrected chi connectivity index (χ1v) is 21.2. The van der Waals surface area contributed by atoms with Gasteiger partial charge in [0, 0.05) is 64.4 Å². The van der Waals surface area contributed by atoms with Gasteiger partial charge in [-0.05, 0) is 69.0 Å². The number of piperazine rings is 1. The molecule has 0 radical (unpaired) electrons. The second-order valence-corrected chi connectivity index (χ2v) is 18.3. The minimum absolute atomic E-state index is 0.0656. The van der Waals surface area contributed by atoms with Gasteiger partial charge in [-0.25, -0.2) is 4.79 Å². The molecule has 8 heterocycles. The fourth-order valence-corrected chi connectivity index (χ4v) is 13.4. The summed E-state index contributed by atoms with van der Waals surface area (Å²) in [5.41, 5.74) is 2.69. The van der Waals surface area contributed by atoms with E-state index >= 15 is 4.79 Å². The lowest BCUT2D eigenvalue weighted by atomic mass is 9.56. The van der Waals surface area contributed by atoms with E-state index in [2.05, 4.69) is 28.2 Å². The van der Waals surface area contributed by atoms with Gasteiger partial charge >= 0.3 is 11.9 Å². The molecule has 3 aromatic rings. The van der Waals surface area contributed by atoms with E-state index in [0.717, 1.165) is 22.0 Å². The van der Waals surface area contributed by atoms with Gasteiger partial charge < -0.3 is 48.7 Å². The van der Waals surface area contributed by atoms with Crippen LogP contribution in [0.5, 0.6) is 23.0 Å². The highest BCUT2D eigenvalue weighted by Crippen LogP contribution is 2.65. The molecule has 7 aliphatic heterocycles. The van der Waals surface area contributed by atoms with Crippen LogP contribution in [-0.2, 0) is 31.0 Å². The van der Waals surface area contributed by atoms with Crippen LogP contribution in [0, 0.1) is 18.3 Å². The van der Waals surface area contributed by atoms with Gasteiger partial charge in [0.25, 0.3) is 0 Å². The number of H-pyrrole nitrogens is 1. The van der Waals surface area contributed by atoms with Gasteiger partial charge in [-0.1, -0.05) is 13.0 Å². The van der Waals surface area contributed by atoms with E-state index in [1.165, 1.54) is 18.7 Å². The molecule has 3 fully saturated rings. The number of nitrogens with zero attached hydrogens (tertiary/aromatic N) is 2. The maximum absolute atomic E-state index is 15.1. The van der Waals surface area contributed by atoms with Gasteiger partial charge in [0.15, 0.2) is 22.8 Å². The predicted octanol–water partition coefficient (Wildman–Crippen LogP) is 4.00. The molecule has 4 bridgehead atoms. The van der Waals surface area contributed by atoms with E-state index in [1.807, 2.05) is 44.0 Å². The summed E-state index contributed by atoms with van der Waals surface area (Å²) in [6.07, 6.45) is 2.10. The summed E-state index contributed by atoms with van der Waals surface area (Å²) < 4.78 is 36.5. The summed E-state index contributed by atoms with van der Waals surface area (Å²) in [7, 11) is 5.17. The Labute approximate surface area is 345 Å². The molecule has 0 saturated carbocycles. The number of hydrogen-bond donors (Lipinski definition) is 5. The molecule has 59 heavy (non-hydrogen) atoms. The first kappa shape index (κ1) is 38.7. The summed E-state index contributed by atoms with van der Waals surface area (Å²) >= 11 is 1.48. The number of nitrogens with one attached hydrogen (secondary N) is 2. The molecule has 5 N–H and O–H groups in total. The van der Waals surface area contributed by atoms with Crippen molar-refractivity contribution in [3.63, 3.8) is 0 Å². The van der Waals surface area contributed by atoms with Crippen LogP contribution < -0.4 is 24.3 Å². The number of esters is 2. The molecule has 10 atom stereocenters. The number of likely N-dealkylation sites (N-methyl/N-ethyl adjacent to an activating group) is 1. The smallest absolute Gasteiger partial charge is 0.333 e. The Morgan fingerprint density at radius 2 is 1.90 bits per heavy atom. The van der Waals surface area contributed by atoms with E-state index in [-0.39, 0.29) is 43.5 Å². The Morgan fingerprint density at radius 3 is 2.63 bits per heavy atom. The molecule has 1 aromatic heterocycles. The van der Waals surface area contributed by atoms with Crippen LogP contribution in [0.1, 0.15) is 66.4 Å². The Kier molecular flexibility index (Phi) is 8.88. The van der Waals surface area contributed by atoms with Crippen LogP contribution in [-0.4, -0.2) is 119 Å². The molecule has 0 amide bonds. The number of thioether (sulfide) groups is 1. The lowest BCUT2D eigenvalue weighted by molar-refractivity contribution is -0.222. The number of aliphatic hydroxyl groups is 3. The summed E-state index contributed by atoms with van der Waals surface area (Å²) in [6.45, 7) is 6.69. The number of hydrogen-bond acceptors (Lipinski definition) is 15. The van der Waals surface area contributed by atoms with E-state index in [0.29, 0.717) is 64.0 Å². The molecule has 1 aliphatic carbocycles. The van der Waals surface area contributed by atoms with Gasteiger partial charge in [0.2, 0.25) is 6.79 Å². The van der Waals surface area contributed by atoms with E-state index < -0.39 is 58.5 Å². The van der Waals surface area contributed by atoms with E-state index in [9.17, 15) is 20.1 Å². The van der Waals surface area contributed by atoms with Crippen LogP contribution >= 0.6 is 11.8 Å². The highest BCUT2D eigenvalue weighted by molar-refractivity contribution is 7.99. The van der Waals surface area contributed by atoms with Gasteiger partial charge in [0.1, 0.15) is 30.1 Å². The van der Waals surface area contributed by atoms with Crippen molar-refractivity contribution < 1.29 is 53.3 Å². The second kappa shape index (κ2) is 13.5. The number of aromatic nitrogens is 1. The van der Waals surface area contributed by atoms with Crippen molar-refractivity contribution in [2.75, 3.05) is 47.0 Å². The highest BCUT2D eigenvalue weighted by atomic mass is 32.2. The molecule has 2 aromatic carbocycles. The summed E-state index contributed by atoms with van der Waals surface area (Å²) in [5, 5.41) is 39.7. The zero-order valence-electron chi connectivity index (χ0n) is 34.1. The van der Waals surface area contributed by atoms with Crippen LogP contribution in [0.15, 0.2) is 41.4 Å². The Bertz CT molecular complexity index is 2380. The number of fused-ring (bicyclic) bond motifs is 11. The second-order valence-electron chi connectivity index (χ2n) is 17.2. The van der Waals surface area contributed by atoms with Crippen LogP contribution in [0.4, 0.5) is 0 Å². The summed E-state index contributed by atoms with van der Waals surface area (Å²) in [6, 6.07) is 3.04. The van der Waals surface area contributed by atoms with Crippen LogP contribution in [0.25, 0.3) is 10.9 Å². The average molecular weight is 831 g/mol. The third-order valence-electron chi connectivity index (χ3n) is 14.4. The van der Waals surface area contributed by atoms with Crippen molar-refractivity contribution >= 4 is 34.6 Å². The number of allylic oxidation sites excluding steroid dienone is 2. The minimum Gasteiger partial charge on any atom is -0.508 e. The van der Waals surface area contributed by atoms with Crippen molar-refractivity contribution in [2.24, 2.45) is 11.3 Å². The first-order valence-electron chi connectivity index (χ1n) is 20.1. The topological polar surface area (TPSA) is 185 Å².